The molecule has 4 nitrogen and oxygen atoms in total. The lowest BCUT2D eigenvalue weighted by molar-refractivity contribution is -0.139. The van der Waals surface area contributed by atoms with Crippen LogP contribution in [0.2, 0.25) is 5.02 Å². The van der Waals surface area contributed by atoms with Crippen LogP contribution in [0.25, 0.3) is 0 Å². The summed E-state index contributed by atoms with van der Waals surface area (Å²) in [5.74, 6) is 0.787. The van der Waals surface area contributed by atoms with Gasteiger partial charge >= 0.3 is 0 Å². The molecule has 0 aliphatic rings. The Labute approximate surface area is 189 Å². The number of nitrogens with zero attached hydrogens (tertiary/aromatic N) is 1. The number of carbonyl (C=O) groups is 2. The van der Waals surface area contributed by atoms with Crippen molar-refractivity contribution in [2.45, 2.75) is 58.5 Å². The maximum atomic E-state index is 13.1. The van der Waals surface area contributed by atoms with Crippen molar-refractivity contribution in [3.05, 3.63) is 70.2 Å². The summed E-state index contributed by atoms with van der Waals surface area (Å²) in [6, 6.07) is 15.1. The molecule has 0 saturated carbocycles. The van der Waals surface area contributed by atoms with Crippen LogP contribution in [0.3, 0.4) is 0 Å². The summed E-state index contributed by atoms with van der Waals surface area (Å²) in [6.07, 6.45) is 0. The minimum Gasteiger partial charge on any atom is -0.350 e. The van der Waals surface area contributed by atoms with Gasteiger partial charge in [-0.15, -0.1) is 11.8 Å². The Bertz CT molecular complexity index is 862. The largest absolute Gasteiger partial charge is 0.350 e. The molecule has 0 saturated heterocycles. The third kappa shape index (κ3) is 7.69. The second-order valence-electron chi connectivity index (χ2n) is 8.51. The van der Waals surface area contributed by atoms with E-state index in [1.165, 1.54) is 11.1 Å². The Morgan fingerprint density at radius 2 is 1.73 bits per heavy atom. The lowest BCUT2D eigenvalue weighted by atomic mass is 10.1. The van der Waals surface area contributed by atoms with E-state index in [1.54, 1.807) is 29.7 Å². The number of hydrogen-bond acceptors (Lipinski definition) is 3. The fourth-order valence-electron chi connectivity index (χ4n) is 2.89. The van der Waals surface area contributed by atoms with Crippen molar-refractivity contribution >= 4 is 35.2 Å². The first-order valence-electron chi connectivity index (χ1n) is 10.0. The molecule has 0 fully saturated rings. The van der Waals surface area contributed by atoms with E-state index in [-0.39, 0.29) is 17.4 Å². The topological polar surface area (TPSA) is 49.4 Å². The standard InChI is InChI=1S/C24H31ClN2O2S/c1-17-10-12-19(13-11-17)15-30-16-22(28)27(14-20-8-6-7-9-21(20)25)18(2)23(29)26-24(3,4)5/h6-13,18H,14-16H2,1-5H3,(H,26,29). The van der Waals surface area contributed by atoms with Crippen molar-refractivity contribution in [2.24, 2.45) is 0 Å². The summed E-state index contributed by atoms with van der Waals surface area (Å²) in [5, 5.41) is 3.56. The highest BCUT2D eigenvalue weighted by Gasteiger charge is 2.28. The van der Waals surface area contributed by atoms with Gasteiger partial charge in [0.1, 0.15) is 6.04 Å². The number of nitrogens with one attached hydrogen (secondary N) is 1. The van der Waals surface area contributed by atoms with Gasteiger partial charge < -0.3 is 10.2 Å². The number of amides is 2. The Kier molecular flexibility index (Phi) is 8.80. The van der Waals surface area contributed by atoms with Crippen LogP contribution < -0.4 is 5.32 Å². The summed E-state index contributed by atoms with van der Waals surface area (Å²) in [5.41, 5.74) is 2.84. The van der Waals surface area contributed by atoms with Gasteiger partial charge in [-0.05, 0) is 51.8 Å². The van der Waals surface area contributed by atoms with E-state index in [2.05, 4.69) is 36.5 Å². The zero-order chi connectivity index (χ0) is 22.3. The molecule has 0 spiro atoms. The molecule has 0 radical (unpaired) electrons. The van der Waals surface area contributed by atoms with E-state index < -0.39 is 6.04 Å². The number of hydrogen-bond donors (Lipinski definition) is 1. The number of carbonyl (C=O) groups excluding carboxylic acids is 2. The van der Waals surface area contributed by atoms with Crippen molar-refractivity contribution < 1.29 is 9.59 Å². The van der Waals surface area contributed by atoms with Crippen LogP contribution in [-0.4, -0.2) is 34.0 Å². The van der Waals surface area contributed by atoms with Crippen LogP contribution in [0.15, 0.2) is 48.5 Å². The van der Waals surface area contributed by atoms with E-state index in [4.69, 9.17) is 11.6 Å². The zero-order valence-corrected chi connectivity index (χ0v) is 19.9. The Morgan fingerprint density at radius 3 is 2.33 bits per heavy atom. The van der Waals surface area contributed by atoms with Crippen LogP contribution in [0.5, 0.6) is 0 Å². The highest BCUT2D eigenvalue weighted by Crippen LogP contribution is 2.21. The highest BCUT2D eigenvalue weighted by atomic mass is 35.5. The predicted octanol–water partition coefficient (Wildman–Crippen LogP) is 5.21. The third-order valence-corrected chi connectivity index (χ3v) is 5.94. The van der Waals surface area contributed by atoms with E-state index in [0.29, 0.717) is 17.3 Å². The van der Waals surface area contributed by atoms with Gasteiger partial charge in [-0.1, -0.05) is 59.6 Å². The number of halogens is 1. The minimum atomic E-state index is -0.604. The maximum Gasteiger partial charge on any atom is 0.242 e. The smallest absolute Gasteiger partial charge is 0.242 e. The molecule has 1 N–H and O–H groups in total. The molecule has 0 bridgehead atoms. The number of aryl methyl sites for hydroxylation is 1. The molecular weight excluding hydrogens is 416 g/mol. The van der Waals surface area contributed by atoms with Gasteiger partial charge in [-0.25, -0.2) is 0 Å². The minimum absolute atomic E-state index is 0.0800. The maximum absolute atomic E-state index is 13.1. The second kappa shape index (κ2) is 10.9. The molecular formula is C24H31ClN2O2S. The molecule has 2 aromatic rings. The molecule has 0 aliphatic carbocycles. The molecule has 2 amide bonds. The molecule has 6 heteroatoms. The van der Waals surface area contributed by atoms with Crippen molar-refractivity contribution in [2.75, 3.05) is 5.75 Å². The lowest BCUT2D eigenvalue weighted by Crippen LogP contribution is -2.52. The van der Waals surface area contributed by atoms with Crippen LogP contribution in [0, 0.1) is 6.92 Å². The molecule has 2 aromatic carbocycles. The van der Waals surface area contributed by atoms with Crippen molar-refractivity contribution in [3.63, 3.8) is 0 Å². The second-order valence-corrected chi connectivity index (χ2v) is 9.90. The lowest BCUT2D eigenvalue weighted by Gasteiger charge is -2.31. The molecule has 162 valence electrons. The average molecular weight is 447 g/mol. The molecule has 1 unspecified atom stereocenters. The van der Waals surface area contributed by atoms with Gasteiger partial charge in [-0.2, -0.15) is 0 Å². The predicted molar refractivity (Wildman–Crippen MR) is 127 cm³/mol. The van der Waals surface area contributed by atoms with Gasteiger partial charge in [0.25, 0.3) is 0 Å². The molecule has 1 atom stereocenters. The van der Waals surface area contributed by atoms with Gasteiger partial charge in [0.05, 0.1) is 5.75 Å². The van der Waals surface area contributed by atoms with Crippen LogP contribution in [0.1, 0.15) is 44.4 Å². The molecule has 30 heavy (non-hydrogen) atoms. The molecule has 2 rings (SSSR count). The molecule has 0 aliphatic heterocycles. The van der Waals surface area contributed by atoms with Crippen LogP contribution >= 0.6 is 23.4 Å². The first kappa shape index (κ1) is 24.3. The zero-order valence-electron chi connectivity index (χ0n) is 18.4. The Morgan fingerprint density at radius 1 is 1.10 bits per heavy atom. The Hall–Kier alpha value is -1.98. The van der Waals surface area contributed by atoms with Gasteiger partial charge in [-0.3, -0.25) is 9.59 Å². The van der Waals surface area contributed by atoms with E-state index in [9.17, 15) is 9.59 Å². The quantitative estimate of drug-likeness (QED) is 0.605. The van der Waals surface area contributed by atoms with Crippen LogP contribution in [-0.2, 0) is 21.9 Å². The first-order valence-corrected chi connectivity index (χ1v) is 11.6. The SMILES string of the molecule is Cc1ccc(CSCC(=O)N(Cc2ccccc2Cl)C(C)C(=O)NC(C)(C)C)cc1. The summed E-state index contributed by atoms with van der Waals surface area (Å²) < 4.78 is 0. The number of benzene rings is 2. The normalized spacial score (nSPS) is 12.3. The highest BCUT2D eigenvalue weighted by molar-refractivity contribution is 7.99. The monoisotopic (exact) mass is 446 g/mol. The summed E-state index contributed by atoms with van der Waals surface area (Å²) >= 11 is 7.87. The Balaban J connectivity index is 2.10. The van der Waals surface area contributed by atoms with E-state index >= 15 is 0 Å². The van der Waals surface area contributed by atoms with Gasteiger partial charge in [0.15, 0.2) is 0 Å². The van der Waals surface area contributed by atoms with Crippen molar-refractivity contribution in [1.29, 1.82) is 0 Å². The first-order chi connectivity index (χ1) is 14.1. The van der Waals surface area contributed by atoms with E-state index in [1.807, 2.05) is 39.0 Å². The summed E-state index contributed by atoms with van der Waals surface area (Å²) in [6.45, 7) is 9.89. The fraction of sp³-hybridized carbons (Fsp3) is 0.417. The van der Waals surface area contributed by atoms with Crippen LogP contribution in [0.4, 0.5) is 0 Å². The molecule has 0 heterocycles. The average Bonchev–Trinajstić information content (AvgIpc) is 2.67. The number of rotatable bonds is 8. The third-order valence-electron chi connectivity index (χ3n) is 4.58. The summed E-state index contributed by atoms with van der Waals surface area (Å²) in [7, 11) is 0. The van der Waals surface area contributed by atoms with Gasteiger partial charge in [0.2, 0.25) is 11.8 Å². The van der Waals surface area contributed by atoms with Gasteiger partial charge in [0, 0.05) is 22.9 Å². The van der Waals surface area contributed by atoms with Crippen molar-refractivity contribution in [1.82, 2.24) is 10.2 Å². The van der Waals surface area contributed by atoms with E-state index in [0.717, 1.165) is 11.3 Å². The summed E-state index contributed by atoms with van der Waals surface area (Å²) in [4.78, 5) is 27.5. The molecule has 0 aromatic heterocycles. The fourth-order valence-corrected chi connectivity index (χ4v) is 3.96. The number of thioether (sulfide) groups is 1. The van der Waals surface area contributed by atoms with Crippen molar-refractivity contribution in [3.8, 4) is 0 Å².